The van der Waals surface area contributed by atoms with Crippen LogP contribution in [0.2, 0.25) is 0 Å². The fourth-order valence-electron chi connectivity index (χ4n) is 2.79. The predicted molar refractivity (Wildman–Crippen MR) is 84.8 cm³/mol. The number of aromatic nitrogens is 3. The first-order valence-electron chi connectivity index (χ1n) is 7.05. The fraction of sp³-hybridized carbons (Fsp3) is 0.235. The number of carboxylic acids is 1. The van der Waals surface area contributed by atoms with E-state index in [4.69, 9.17) is 5.11 Å². The molecule has 0 aliphatic carbocycles. The van der Waals surface area contributed by atoms with Crippen LogP contribution in [-0.4, -0.2) is 25.8 Å². The summed E-state index contributed by atoms with van der Waals surface area (Å²) in [5, 5.41) is 14.4. The minimum Gasteiger partial charge on any atom is -0.478 e. The Balaban J connectivity index is 2.27. The quantitative estimate of drug-likeness (QED) is 0.787. The summed E-state index contributed by atoms with van der Waals surface area (Å²) in [7, 11) is 0. The summed E-state index contributed by atoms with van der Waals surface area (Å²) in [6, 6.07) is 6.15. The third-order valence-corrected chi connectivity index (χ3v) is 3.90. The Kier molecular flexibility index (Phi) is 3.20. The molecular formula is C17H17N3O2. The molecule has 0 amide bonds. The van der Waals surface area contributed by atoms with Crippen molar-refractivity contribution in [3.8, 4) is 5.82 Å². The average Bonchev–Trinajstić information content (AvgIpc) is 2.81. The number of nitrogens with zero attached hydrogens (tertiary/aromatic N) is 3. The second kappa shape index (κ2) is 4.94. The predicted octanol–water partition coefficient (Wildman–Crippen LogP) is 3.35. The van der Waals surface area contributed by atoms with Crippen LogP contribution in [0.25, 0.3) is 16.7 Å². The zero-order valence-corrected chi connectivity index (χ0v) is 13.0. The topological polar surface area (TPSA) is 68.0 Å². The maximum absolute atomic E-state index is 11.2. The van der Waals surface area contributed by atoms with Gasteiger partial charge in [-0.3, -0.25) is 0 Å². The van der Waals surface area contributed by atoms with Crippen molar-refractivity contribution in [2.75, 3.05) is 0 Å². The smallest absolute Gasteiger partial charge is 0.339 e. The molecule has 5 nitrogen and oxygen atoms in total. The second-order valence-electron chi connectivity index (χ2n) is 5.64. The summed E-state index contributed by atoms with van der Waals surface area (Å²) in [6.07, 6.45) is 1.36. The number of fused-ring (bicyclic) bond motifs is 1. The van der Waals surface area contributed by atoms with Crippen molar-refractivity contribution >= 4 is 16.9 Å². The van der Waals surface area contributed by atoms with Crippen molar-refractivity contribution in [1.29, 1.82) is 0 Å². The number of carboxylic acid groups (broad SMARTS) is 1. The number of hydrogen-bond acceptors (Lipinski definition) is 3. The van der Waals surface area contributed by atoms with Crippen molar-refractivity contribution in [2.24, 2.45) is 0 Å². The summed E-state index contributed by atoms with van der Waals surface area (Å²) in [5.41, 5.74) is 5.09. The van der Waals surface area contributed by atoms with Gasteiger partial charge in [0.1, 0.15) is 5.56 Å². The molecule has 0 aliphatic rings. The van der Waals surface area contributed by atoms with Crippen LogP contribution in [0, 0.1) is 27.7 Å². The monoisotopic (exact) mass is 295 g/mol. The molecule has 0 spiro atoms. The Hall–Kier alpha value is -2.69. The molecule has 0 saturated heterocycles. The van der Waals surface area contributed by atoms with Gasteiger partial charge in [0.2, 0.25) is 0 Å². The molecule has 0 unspecified atom stereocenters. The number of aromatic carboxylic acids is 1. The molecule has 0 radical (unpaired) electrons. The first kappa shape index (κ1) is 14.3. The number of hydrogen-bond donors (Lipinski definition) is 1. The highest BCUT2D eigenvalue weighted by atomic mass is 16.4. The van der Waals surface area contributed by atoms with Crippen molar-refractivity contribution in [1.82, 2.24) is 14.8 Å². The van der Waals surface area contributed by atoms with E-state index in [9.17, 15) is 4.79 Å². The van der Waals surface area contributed by atoms with E-state index in [1.54, 1.807) is 11.6 Å². The normalized spacial score (nSPS) is 11.1. The van der Waals surface area contributed by atoms with E-state index in [0.717, 1.165) is 22.0 Å². The zero-order chi connectivity index (χ0) is 16.0. The van der Waals surface area contributed by atoms with Crippen LogP contribution in [-0.2, 0) is 0 Å². The Morgan fingerprint density at radius 2 is 1.82 bits per heavy atom. The molecule has 5 heteroatoms. The minimum atomic E-state index is -0.979. The molecule has 3 rings (SSSR count). The SMILES string of the molecule is Cc1cc(C)c2nc(-n3ncc(C(=O)O)c3C)cc(C)c2c1. The van der Waals surface area contributed by atoms with Crippen LogP contribution in [0.5, 0.6) is 0 Å². The van der Waals surface area contributed by atoms with Crippen LogP contribution in [0.3, 0.4) is 0 Å². The van der Waals surface area contributed by atoms with E-state index in [0.29, 0.717) is 11.5 Å². The van der Waals surface area contributed by atoms with Crippen LogP contribution >= 0.6 is 0 Å². The summed E-state index contributed by atoms with van der Waals surface area (Å²) in [5.74, 6) is -0.338. The number of benzene rings is 1. The third kappa shape index (κ3) is 2.15. The first-order chi connectivity index (χ1) is 10.4. The zero-order valence-electron chi connectivity index (χ0n) is 13.0. The van der Waals surface area contributed by atoms with E-state index in [2.05, 4.69) is 29.1 Å². The molecule has 3 aromatic rings. The Morgan fingerprint density at radius 3 is 2.45 bits per heavy atom. The maximum Gasteiger partial charge on any atom is 0.339 e. The van der Waals surface area contributed by atoms with E-state index < -0.39 is 5.97 Å². The fourth-order valence-corrected chi connectivity index (χ4v) is 2.79. The van der Waals surface area contributed by atoms with Crippen LogP contribution < -0.4 is 0 Å². The lowest BCUT2D eigenvalue weighted by Gasteiger charge is -2.11. The number of aryl methyl sites for hydroxylation is 3. The van der Waals surface area contributed by atoms with Gasteiger partial charge in [0, 0.05) is 5.39 Å². The Morgan fingerprint density at radius 1 is 1.09 bits per heavy atom. The van der Waals surface area contributed by atoms with Gasteiger partial charge in [0.25, 0.3) is 0 Å². The Bertz CT molecular complexity index is 910. The van der Waals surface area contributed by atoms with Crippen LogP contribution in [0.1, 0.15) is 32.7 Å². The summed E-state index contributed by atoms with van der Waals surface area (Å²) >= 11 is 0. The molecule has 0 bridgehead atoms. The van der Waals surface area contributed by atoms with Gasteiger partial charge in [-0.1, -0.05) is 11.6 Å². The lowest BCUT2D eigenvalue weighted by molar-refractivity contribution is 0.0696. The van der Waals surface area contributed by atoms with E-state index >= 15 is 0 Å². The summed E-state index contributed by atoms with van der Waals surface area (Å²) in [4.78, 5) is 15.9. The molecule has 0 aliphatic heterocycles. The molecular weight excluding hydrogens is 278 g/mol. The highest BCUT2D eigenvalue weighted by Gasteiger charge is 2.16. The molecule has 112 valence electrons. The lowest BCUT2D eigenvalue weighted by Crippen LogP contribution is -2.05. The average molecular weight is 295 g/mol. The lowest BCUT2D eigenvalue weighted by atomic mass is 10.0. The van der Waals surface area contributed by atoms with E-state index in [1.807, 2.05) is 19.9 Å². The minimum absolute atomic E-state index is 0.195. The molecule has 2 heterocycles. The highest BCUT2D eigenvalue weighted by Crippen LogP contribution is 2.25. The van der Waals surface area contributed by atoms with Gasteiger partial charge in [-0.2, -0.15) is 5.10 Å². The van der Waals surface area contributed by atoms with Crippen molar-refractivity contribution in [2.45, 2.75) is 27.7 Å². The summed E-state index contributed by atoms with van der Waals surface area (Å²) < 4.78 is 1.58. The number of rotatable bonds is 2. The largest absolute Gasteiger partial charge is 0.478 e. The second-order valence-corrected chi connectivity index (χ2v) is 5.64. The molecule has 22 heavy (non-hydrogen) atoms. The molecule has 2 aromatic heterocycles. The molecule has 0 saturated carbocycles. The van der Waals surface area contributed by atoms with Gasteiger partial charge >= 0.3 is 5.97 Å². The first-order valence-corrected chi connectivity index (χ1v) is 7.05. The van der Waals surface area contributed by atoms with E-state index in [1.165, 1.54) is 11.8 Å². The van der Waals surface area contributed by atoms with Gasteiger partial charge in [0.05, 0.1) is 17.4 Å². The van der Waals surface area contributed by atoms with Gasteiger partial charge in [-0.25, -0.2) is 14.5 Å². The van der Waals surface area contributed by atoms with Gasteiger partial charge < -0.3 is 5.11 Å². The van der Waals surface area contributed by atoms with Gasteiger partial charge in [0.15, 0.2) is 5.82 Å². The van der Waals surface area contributed by atoms with Gasteiger partial charge in [-0.15, -0.1) is 0 Å². The standard InChI is InChI=1S/C17H17N3O2/c1-9-5-11(3)16-13(6-9)10(2)7-15(19-16)20-12(4)14(8-18-20)17(21)22/h5-8H,1-4H3,(H,21,22). The maximum atomic E-state index is 11.2. The van der Waals surface area contributed by atoms with Crippen molar-refractivity contribution in [3.05, 3.63) is 52.3 Å². The van der Waals surface area contributed by atoms with Crippen molar-refractivity contribution in [3.63, 3.8) is 0 Å². The van der Waals surface area contributed by atoms with Crippen molar-refractivity contribution < 1.29 is 9.90 Å². The summed E-state index contributed by atoms with van der Waals surface area (Å²) in [6.45, 7) is 7.86. The van der Waals surface area contributed by atoms with Crippen LogP contribution in [0.15, 0.2) is 24.4 Å². The number of pyridine rings is 1. The highest BCUT2D eigenvalue weighted by molar-refractivity contribution is 5.89. The number of carbonyl (C=O) groups is 1. The van der Waals surface area contributed by atoms with Gasteiger partial charge in [-0.05, 0) is 51.0 Å². The molecule has 0 fully saturated rings. The van der Waals surface area contributed by atoms with E-state index in [-0.39, 0.29) is 5.56 Å². The molecule has 1 aromatic carbocycles. The molecule has 0 atom stereocenters. The Labute approximate surface area is 128 Å². The van der Waals surface area contributed by atoms with Crippen LogP contribution in [0.4, 0.5) is 0 Å². The third-order valence-electron chi connectivity index (χ3n) is 3.90. The molecule has 1 N–H and O–H groups in total.